The normalized spacial score (nSPS) is 11.5. The van der Waals surface area contributed by atoms with E-state index >= 15 is 0 Å². The number of carbonyl (C=O) groups excluding carboxylic acids is 1. The molecule has 1 rings (SSSR count). The highest BCUT2D eigenvalue weighted by Gasteiger charge is 2.29. The molecular weight excluding hydrogens is 255 g/mol. The van der Waals surface area contributed by atoms with E-state index in [1.165, 1.54) is 11.9 Å². The van der Waals surface area contributed by atoms with Crippen LogP contribution in [0.15, 0.2) is 12.1 Å². The van der Waals surface area contributed by atoms with E-state index in [0.29, 0.717) is 6.42 Å². The second-order valence-electron chi connectivity index (χ2n) is 5.23. The maximum Gasteiger partial charge on any atom is 0.228 e. The minimum absolute atomic E-state index is 0.0401. The van der Waals surface area contributed by atoms with E-state index in [0.717, 1.165) is 12.1 Å². The van der Waals surface area contributed by atoms with Crippen LogP contribution in [-0.4, -0.2) is 17.9 Å². The lowest BCUT2D eigenvalue weighted by Crippen LogP contribution is -2.37. The highest BCUT2D eigenvalue weighted by Crippen LogP contribution is 2.24. The van der Waals surface area contributed by atoms with Crippen molar-refractivity contribution in [3.05, 3.63) is 35.1 Å². The molecule has 106 valence electrons. The summed E-state index contributed by atoms with van der Waals surface area (Å²) >= 11 is 0. The van der Waals surface area contributed by atoms with Crippen LogP contribution in [0.3, 0.4) is 0 Å². The molecule has 5 heteroatoms. The van der Waals surface area contributed by atoms with Crippen LogP contribution in [0.4, 0.5) is 13.2 Å². The van der Waals surface area contributed by atoms with Gasteiger partial charge < -0.3 is 4.90 Å². The predicted octanol–water partition coefficient (Wildman–Crippen LogP) is 3.50. The summed E-state index contributed by atoms with van der Waals surface area (Å²) in [6.07, 6.45) is 0.635. The van der Waals surface area contributed by atoms with Gasteiger partial charge >= 0.3 is 0 Å². The molecule has 0 atom stereocenters. The molecule has 0 aromatic heterocycles. The van der Waals surface area contributed by atoms with Crippen molar-refractivity contribution in [1.82, 2.24) is 4.90 Å². The number of rotatable bonds is 4. The third kappa shape index (κ3) is 3.28. The van der Waals surface area contributed by atoms with E-state index in [2.05, 4.69) is 0 Å². The summed E-state index contributed by atoms with van der Waals surface area (Å²) < 4.78 is 39.4. The lowest BCUT2D eigenvalue weighted by molar-refractivity contribution is -0.139. The van der Waals surface area contributed by atoms with Crippen LogP contribution in [0.2, 0.25) is 0 Å². The van der Waals surface area contributed by atoms with Crippen molar-refractivity contribution in [3.8, 4) is 0 Å². The van der Waals surface area contributed by atoms with Gasteiger partial charge in [-0.2, -0.15) is 0 Å². The van der Waals surface area contributed by atoms with Gasteiger partial charge in [-0.05, 0) is 12.5 Å². The summed E-state index contributed by atoms with van der Waals surface area (Å²) in [5, 5.41) is 0. The Kier molecular flexibility index (Phi) is 4.61. The Morgan fingerprint density at radius 2 is 1.79 bits per heavy atom. The van der Waals surface area contributed by atoms with Crippen LogP contribution in [0.1, 0.15) is 32.8 Å². The largest absolute Gasteiger partial charge is 0.341 e. The third-order valence-corrected chi connectivity index (χ3v) is 3.33. The quantitative estimate of drug-likeness (QED) is 0.769. The maximum absolute atomic E-state index is 13.5. The van der Waals surface area contributed by atoms with Crippen LogP contribution in [0, 0.1) is 22.9 Å². The fourth-order valence-electron chi connectivity index (χ4n) is 1.68. The van der Waals surface area contributed by atoms with Gasteiger partial charge in [0.25, 0.3) is 0 Å². The second-order valence-corrected chi connectivity index (χ2v) is 5.23. The molecule has 2 nitrogen and oxygen atoms in total. The highest BCUT2D eigenvalue weighted by atomic mass is 19.2. The molecule has 0 aliphatic carbocycles. The van der Waals surface area contributed by atoms with Gasteiger partial charge in [0.15, 0.2) is 17.5 Å². The van der Waals surface area contributed by atoms with Gasteiger partial charge in [-0.15, -0.1) is 0 Å². The summed E-state index contributed by atoms with van der Waals surface area (Å²) in [5.74, 6) is -4.15. The van der Waals surface area contributed by atoms with E-state index in [4.69, 9.17) is 0 Å². The molecule has 0 saturated heterocycles. The molecule has 0 aliphatic rings. The number of nitrogens with zero attached hydrogens (tertiary/aromatic N) is 1. The number of hydrogen-bond donors (Lipinski definition) is 0. The topological polar surface area (TPSA) is 20.3 Å². The van der Waals surface area contributed by atoms with E-state index in [1.807, 2.05) is 6.92 Å². The first-order chi connectivity index (χ1) is 8.70. The van der Waals surface area contributed by atoms with E-state index < -0.39 is 22.9 Å². The first kappa shape index (κ1) is 15.5. The standard InChI is InChI=1S/C14H18F3NO/c1-5-14(2,3)13(19)18(4)8-9-6-7-10(15)12(17)11(9)16/h6-7H,5,8H2,1-4H3. The molecule has 0 aliphatic heterocycles. The zero-order valence-corrected chi connectivity index (χ0v) is 11.6. The van der Waals surface area contributed by atoms with Gasteiger partial charge in [0.05, 0.1) is 0 Å². The Hall–Kier alpha value is -1.52. The lowest BCUT2D eigenvalue weighted by atomic mass is 9.88. The molecule has 0 N–H and O–H groups in total. The van der Waals surface area contributed by atoms with Crippen LogP contribution in [0.5, 0.6) is 0 Å². The Labute approximate surface area is 111 Å². The molecule has 0 heterocycles. The average Bonchev–Trinajstić information content (AvgIpc) is 2.38. The minimum Gasteiger partial charge on any atom is -0.341 e. The molecule has 0 bridgehead atoms. The Balaban J connectivity index is 2.92. The average molecular weight is 273 g/mol. The van der Waals surface area contributed by atoms with Crippen LogP contribution >= 0.6 is 0 Å². The Bertz CT molecular complexity index is 486. The summed E-state index contributed by atoms with van der Waals surface area (Å²) in [7, 11) is 1.51. The van der Waals surface area contributed by atoms with Crippen LogP contribution in [-0.2, 0) is 11.3 Å². The lowest BCUT2D eigenvalue weighted by Gasteiger charge is -2.28. The first-order valence-electron chi connectivity index (χ1n) is 6.08. The number of benzene rings is 1. The molecule has 0 radical (unpaired) electrons. The van der Waals surface area contributed by atoms with Crippen molar-refractivity contribution >= 4 is 5.91 Å². The van der Waals surface area contributed by atoms with Gasteiger partial charge in [-0.1, -0.05) is 26.8 Å². The first-order valence-corrected chi connectivity index (χ1v) is 6.08. The van der Waals surface area contributed by atoms with Gasteiger partial charge in [-0.25, -0.2) is 13.2 Å². The predicted molar refractivity (Wildman–Crippen MR) is 66.9 cm³/mol. The second kappa shape index (κ2) is 5.63. The Morgan fingerprint density at radius 1 is 1.21 bits per heavy atom. The van der Waals surface area contributed by atoms with E-state index in [-0.39, 0.29) is 18.0 Å². The summed E-state index contributed by atoms with van der Waals surface area (Å²) in [6, 6.07) is 2.01. The van der Waals surface area contributed by atoms with Gasteiger partial charge in [0, 0.05) is 24.6 Å². The molecule has 0 spiro atoms. The van der Waals surface area contributed by atoms with Gasteiger partial charge in [0.1, 0.15) is 0 Å². The summed E-state index contributed by atoms with van der Waals surface area (Å²) in [6.45, 7) is 5.36. The van der Waals surface area contributed by atoms with Gasteiger partial charge in [-0.3, -0.25) is 4.79 Å². The Morgan fingerprint density at radius 3 is 2.32 bits per heavy atom. The SMILES string of the molecule is CCC(C)(C)C(=O)N(C)Cc1ccc(F)c(F)c1F. The maximum atomic E-state index is 13.5. The van der Waals surface area contributed by atoms with Crippen molar-refractivity contribution in [3.63, 3.8) is 0 Å². The van der Waals surface area contributed by atoms with Crippen molar-refractivity contribution in [1.29, 1.82) is 0 Å². The molecule has 1 aromatic carbocycles. The van der Waals surface area contributed by atoms with Crippen molar-refractivity contribution in [2.75, 3.05) is 7.05 Å². The van der Waals surface area contributed by atoms with E-state index in [9.17, 15) is 18.0 Å². The monoisotopic (exact) mass is 273 g/mol. The fraction of sp³-hybridized carbons (Fsp3) is 0.500. The summed E-state index contributed by atoms with van der Waals surface area (Å²) in [5.41, 5.74) is -0.606. The number of carbonyl (C=O) groups is 1. The van der Waals surface area contributed by atoms with Crippen molar-refractivity contribution in [2.24, 2.45) is 5.41 Å². The van der Waals surface area contributed by atoms with Crippen LogP contribution in [0.25, 0.3) is 0 Å². The zero-order valence-electron chi connectivity index (χ0n) is 11.6. The summed E-state index contributed by atoms with van der Waals surface area (Å²) in [4.78, 5) is 13.4. The molecule has 1 aromatic rings. The third-order valence-electron chi connectivity index (χ3n) is 3.33. The van der Waals surface area contributed by atoms with Gasteiger partial charge in [0.2, 0.25) is 5.91 Å². The van der Waals surface area contributed by atoms with Crippen molar-refractivity contribution < 1.29 is 18.0 Å². The van der Waals surface area contributed by atoms with Crippen molar-refractivity contribution in [2.45, 2.75) is 33.7 Å². The minimum atomic E-state index is -1.51. The van der Waals surface area contributed by atoms with Crippen LogP contribution < -0.4 is 0 Å². The van der Waals surface area contributed by atoms with E-state index in [1.54, 1.807) is 13.8 Å². The number of amides is 1. The molecular formula is C14H18F3NO. The molecule has 0 saturated carbocycles. The smallest absolute Gasteiger partial charge is 0.228 e. The molecule has 1 amide bonds. The molecule has 19 heavy (non-hydrogen) atoms. The number of hydrogen-bond acceptors (Lipinski definition) is 1. The highest BCUT2D eigenvalue weighted by molar-refractivity contribution is 5.81. The number of halogens is 3. The molecule has 0 unspecified atom stereocenters. The zero-order chi connectivity index (χ0) is 14.8. The fourth-order valence-corrected chi connectivity index (χ4v) is 1.68. The molecule has 0 fully saturated rings.